The Hall–Kier alpha value is -1.60. The van der Waals surface area contributed by atoms with Crippen molar-refractivity contribution in [1.29, 1.82) is 0 Å². The molecule has 82 valence electrons. The predicted molar refractivity (Wildman–Crippen MR) is 54.0 cm³/mol. The fourth-order valence-corrected chi connectivity index (χ4v) is 1.53. The molecule has 1 atom stereocenters. The molecule has 7 heteroatoms. The van der Waals surface area contributed by atoms with Gasteiger partial charge in [-0.2, -0.15) is 0 Å². The van der Waals surface area contributed by atoms with E-state index in [4.69, 9.17) is 5.73 Å². The molecule has 0 aliphatic rings. The second-order valence-corrected chi connectivity index (χ2v) is 3.74. The molecule has 6 nitrogen and oxygen atoms in total. The van der Waals surface area contributed by atoms with Gasteiger partial charge in [0.15, 0.2) is 5.75 Å². The van der Waals surface area contributed by atoms with Crippen molar-refractivity contribution in [2.75, 3.05) is 11.1 Å². The minimum absolute atomic E-state index is 0.111. The van der Waals surface area contributed by atoms with E-state index >= 15 is 0 Å². The standard InChI is InChI=1S/C8H10N2O4S/c1-4(11)10-5-2-6(9)8(12)7(3-5)15(13)14/h2-3,12H,9H2,1H3,(H,10,11)(H,13,14)/p-1. The maximum atomic E-state index is 10.7. The van der Waals surface area contributed by atoms with Crippen LogP contribution in [0.25, 0.3) is 0 Å². The van der Waals surface area contributed by atoms with Gasteiger partial charge in [0.05, 0.1) is 10.6 Å². The van der Waals surface area contributed by atoms with Crippen LogP contribution >= 0.6 is 0 Å². The lowest BCUT2D eigenvalue weighted by Gasteiger charge is -2.12. The summed E-state index contributed by atoms with van der Waals surface area (Å²) in [6.45, 7) is 1.27. The lowest BCUT2D eigenvalue weighted by molar-refractivity contribution is -0.114. The SMILES string of the molecule is CC(=O)Nc1cc(N)c(O)c(S(=O)[O-])c1. The number of benzene rings is 1. The highest BCUT2D eigenvalue weighted by molar-refractivity contribution is 7.79. The predicted octanol–water partition coefficient (Wildman–Crippen LogP) is 0.171. The summed E-state index contributed by atoms with van der Waals surface area (Å²) in [6.07, 6.45) is 0. The number of anilines is 2. The average Bonchev–Trinajstić information content (AvgIpc) is 2.09. The molecular formula is C8H9N2O4S-. The minimum atomic E-state index is -2.61. The molecule has 0 aliphatic heterocycles. The molecule has 0 saturated carbocycles. The Kier molecular flexibility index (Phi) is 3.28. The number of phenolic OH excluding ortho intramolecular Hbond substituents is 1. The first-order valence-corrected chi connectivity index (χ1v) is 4.98. The summed E-state index contributed by atoms with van der Waals surface area (Å²) in [7, 11) is 0. The number of hydrogen-bond donors (Lipinski definition) is 3. The first-order valence-electron chi connectivity index (χ1n) is 3.91. The number of aromatic hydroxyl groups is 1. The maximum absolute atomic E-state index is 10.7. The van der Waals surface area contributed by atoms with Crippen molar-refractivity contribution in [1.82, 2.24) is 0 Å². The first kappa shape index (κ1) is 11.5. The zero-order chi connectivity index (χ0) is 11.6. The van der Waals surface area contributed by atoms with Crippen LogP contribution in [-0.4, -0.2) is 19.8 Å². The second kappa shape index (κ2) is 4.28. The van der Waals surface area contributed by atoms with Crippen LogP contribution in [0.2, 0.25) is 0 Å². The van der Waals surface area contributed by atoms with Crippen LogP contribution in [0.15, 0.2) is 17.0 Å². The zero-order valence-electron chi connectivity index (χ0n) is 7.81. The number of hydrogen-bond acceptors (Lipinski definition) is 5. The van der Waals surface area contributed by atoms with Gasteiger partial charge in [0, 0.05) is 12.6 Å². The molecule has 1 aromatic carbocycles. The molecule has 0 spiro atoms. The Balaban J connectivity index is 3.23. The van der Waals surface area contributed by atoms with Gasteiger partial charge >= 0.3 is 0 Å². The van der Waals surface area contributed by atoms with Crippen molar-refractivity contribution >= 4 is 28.4 Å². The van der Waals surface area contributed by atoms with Crippen LogP contribution in [0.5, 0.6) is 5.75 Å². The molecule has 0 bridgehead atoms. The number of nitrogen functional groups attached to an aromatic ring is 1. The molecular weight excluding hydrogens is 220 g/mol. The highest BCUT2D eigenvalue weighted by Gasteiger charge is 2.08. The fraction of sp³-hybridized carbons (Fsp3) is 0.125. The van der Waals surface area contributed by atoms with Crippen LogP contribution < -0.4 is 11.1 Å². The summed E-state index contributed by atoms with van der Waals surface area (Å²) < 4.78 is 21.4. The van der Waals surface area contributed by atoms with Crippen LogP contribution in [-0.2, 0) is 15.9 Å². The van der Waals surface area contributed by atoms with Crippen molar-refractivity contribution in [3.63, 3.8) is 0 Å². The summed E-state index contributed by atoms with van der Waals surface area (Å²) in [5.74, 6) is -0.875. The van der Waals surface area contributed by atoms with E-state index in [0.29, 0.717) is 0 Å². The van der Waals surface area contributed by atoms with Crippen molar-refractivity contribution in [3.05, 3.63) is 12.1 Å². The Labute approximate surface area is 88.4 Å². The van der Waals surface area contributed by atoms with Gasteiger partial charge in [-0.3, -0.25) is 9.00 Å². The highest BCUT2D eigenvalue weighted by atomic mass is 32.2. The fourth-order valence-electron chi connectivity index (χ4n) is 1.03. The summed E-state index contributed by atoms with van der Waals surface area (Å²) in [4.78, 5) is 10.4. The molecule has 1 aromatic rings. The van der Waals surface area contributed by atoms with Gasteiger partial charge in [-0.25, -0.2) is 0 Å². The summed E-state index contributed by atoms with van der Waals surface area (Å²) in [6, 6.07) is 2.39. The first-order chi connectivity index (χ1) is 6.91. The van der Waals surface area contributed by atoms with E-state index in [-0.39, 0.29) is 22.2 Å². The summed E-state index contributed by atoms with van der Waals surface area (Å²) in [5.41, 5.74) is 5.47. The quantitative estimate of drug-likeness (QED) is 0.289. The van der Waals surface area contributed by atoms with E-state index < -0.39 is 16.8 Å². The topological polar surface area (TPSA) is 115 Å². The van der Waals surface area contributed by atoms with Crippen molar-refractivity contribution in [3.8, 4) is 5.75 Å². The number of nitrogens with two attached hydrogens (primary N) is 1. The van der Waals surface area contributed by atoms with E-state index in [2.05, 4.69) is 5.32 Å². The number of carbonyl (C=O) groups is 1. The van der Waals surface area contributed by atoms with Crippen LogP contribution in [0.4, 0.5) is 11.4 Å². The van der Waals surface area contributed by atoms with Gasteiger partial charge in [0.25, 0.3) is 0 Å². The van der Waals surface area contributed by atoms with E-state index in [1.165, 1.54) is 13.0 Å². The number of rotatable bonds is 2. The van der Waals surface area contributed by atoms with Gasteiger partial charge in [0.2, 0.25) is 5.91 Å². The van der Waals surface area contributed by atoms with Gasteiger partial charge in [-0.05, 0) is 23.2 Å². The average molecular weight is 229 g/mol. The van der Waals surface area contributed by atoms with Crippen molar-refractivity contribution in [2.24, 2.45) is 0 Å². The van der Waals surface area contributed by atoms with Gasteiger partial charge < -0.3 is 20.7 Å². The molecule has 15 heavy (non-hydrogen) atoms. The minimum Gasteiger partial charge on any atom is -0.768 e. The molecule has 0 aliphatic carbocycles. The normalized spacial score (nSPS) is 12.1. The van der Waals surface area contributed by atoms with Crippen molar-refractivity contribution in [2.45, 2.75) is 11.8 Å². The monoisotopic (exact) mass is 229 g/mol. The molecule has 4 N–H and O–H groups in total. The number of carbonyl (C=O) groups excluding carboxylic acids is 1. The van der Waals surface area contributed by atoms with Crippen LogP contribution in [0.1, 0.15) is 6.92 Å². The molecule has 0 radical (unpaired) electrons. The Bertz CT molecular complexity index is 433. The lowest BCUT2D eigenvalue weighted by atomic mass is 10.2. The largest absolute Gasteiger partial charge is 0.768 e. The van der Waals surface area contributed by atoms with Crippen LogP contribution in [0.3, 0.4) is 0 Å². The van der Waals surface area contributed by atoms with E-state index in [0.717, 1.165) is 6.07 Å². The Morgan fingerprint density at radius 1 is 1.60 bits per heavy atom. The summed E-state index contributed by atoms with van der Waals surface area (Å²) in [5, 5.41) is 11.7. The second-order valence-electron chi connectivity index (χ2n) is 2.83. The molecule has 1 rings (SSSR count). The molecule has 1 amide bonds. The zero-order valence-corrected chi connectivity index (χ0v) is 8.63. The third-order valence-corrected chi connectivity index (χ3v) is 2.27. The number of amides is 1. The Morgan fingerprint density at radius 3 is 2.67 bits per heavy atom. The lowest BCUT2D eigenvalue weighted by Crippen LogP contribution is -2.07. The number of phenols is 1. The van der Waals surface area contributed by atoms with Crippen LogP contribution in [0, 0.1) is 0 Å². The molecule has 0 heterocycles. The Morgan fingerprint density at radius 2 is 2.20 bits per heavy atom. The third-order valence-electron chi connectivity index (χ3n) is 1.60. The van der Waals surface area contributed by atoms with Gasteiger partial charge in [-0.15, -0.1) is 0 Å². The molecule has 1 unspecified atom stereocenters. The van der Waals surface area contributed by atoms with E-state index in [9.17, 15) is 18.7 Å². The molecule has 0 fully saturated rings. The third kappa shape index (κ3) is 2.67. The molecule has 0 saturated heterocycles. The van der Waals surface area contributed by atoms with E-state index in [1.54, 1.807) is 0 Å². The maximum Gasteiger partial charge on any atom is 0.221 e. The number of nitrogens with one attached hydrogen (secondary N) is 1. The van der Waals surface area contributed by atoms with Gasteiger partial charge in [0.1, 0.15) is 0 Å². The summed E-state index contributed by atoms with van der Waals surface area (Å²) >= 11 is -2.61. The smallest absolute Gasteiger partial charge is 0.221 e. The van der Waals surface area contributed by atoms with Gasteiger partial charge in [-0.1, -0.05) is 0 Å². The van der Waals surface area contributed by atoms with E-state index in [1.807, 2.05) is 0 Å². The highest BCUT2D eigenvalue weighted by Crippen LogP contribution is 2.31. The van der Waals surface area contributed by atoms with Crippen molar-refractivity contribution < 1.29 is 18.7 Å². The molecule has 0 aromatic heterocycles.